The molecule has 31 heavy (non-hydrogen) atoms. The van der Waals surface area contributed by atoms with Crippen LogP contribution in [0.4, 0.5) is 5.69 Å². The van der Waals surface area contributed by atoms with E-state index < -0.39 is 6.04 Å². The Bertz CT molecular complexity index is 944. The van der Waals surface area contributed by atoms with Gasteiger partial charge in [-0.3, -0.25) is 14.4 Å². The molecule has 0 aliphatic carbocycles. The number of hydrogen-bond acceptors (Lipinski definition) is 3. The number of piperidine rings is 1. The monoisotopic (exact) mass is 441 g/mol. The lowest BCUT2D eigenvalue weighted by atomic mass is 10.0. The number of rotatable bonds is 7. The Morgan fingerprint density at radius 2 is 1.81 bits per heavy atom. The fraction of sp³-hybridized carbons (Fsp3) is 0.375. The molecule has 0 aromatic heterocycles. The van der Waals surface area contributed by atoms with E-state index in [1.807, 2.05) is 44.2 Å². The number of nitrogens with one attached hydrogen (secondary N) is 1. The highest BCUT2D eigenvalue weighted by atomic mass is 35.5. The van der Waals surface area contributed by atoms with Crippen molar-refractivity contribution in [3.05, 3.63) is 64.7 Å². The van der Waals surface area contributed by atoms with Gasteiger partial charge in [0.2, 0.25) is 5.91 Å². The molecule has 1 N–H and O–H groups in total. The van der Waals surface area contributed by atoms with Crippen molar-refractivity contribution in [3.63, 3.8) is 0 Å². The maximum atomic E-state index is 13.3. The molecule has 164 valence electrons. The molecule has 7 heteroatoms. The number of carbonyl (C=O) groups excluding carboxylic acids is 3. The first-order valence-electron chi connectivity index (χ1n) is 10.7. The molecule has 3 amide bonds. The van der Waals surface area contributed by atoms with Crippen LogP contribution in [0.15, 0.2) is 48.5 Å². The summed E-state index contributed by atoms with van der Waals surface area (Å²) in [6.07, 6.45) is 2.16. The normalized spacial score (nSPS) is 14.8. The Hall–Kier alpha value is -2.86. The number of hydrogen-bond donors (Lipinski definition) is 1. The third-order valence-electron chi connectivity index (χ3n) is 5.55. The van der Waals surface area contributed by atoms with Crippen molar-refractivity contribution in [3.8, 4) is 0 Å². The molecule has 1 aliphatic rings. The van der Waals surface area contributed by atoms with Crippen LogP contribution in [-0.2, 0) is 9.59 Å². The smallest absolute Gasteiger partial charge is 0.255 e. The molecule has 2 aromatic carbocycles. The summed E-state index contributed by atoms with van der Waals surface area (Å²) in [5.41, 5.74) is 1.64. The van der Waals surface area contributed by atoms with Gasteiger partial charge in [0.15, 0.2) is 0 Å². The van der Waals surface area contributed by atoms with E-state index in [-0.39, 0.29) is 22.7 Å². The third-order valence-corrected chi connectivity index (χ3v) is 5.87. The van der Waals surface area contributed by atoms with Gasteiger partial charge in [0.25, 0.3) is 11.8 Å². The number of anilines is 1. The Balaban J connectivity index is 1.84. The van der Waals surface area contributed by atoms with Crippen LogP contribution in [0.25, 0.3) is 0 Å². The van der Waals surface area contributed by atoms with E-state index in [0.29, 0.717) is 37.3 Å². The molecular weight excluding hydrogens is 414 g/mol. The molecule has 1 unspecified atom stereocenters. The second-order valence-corrected chi connectivity index (χ2v) is 7.93. The van der Waals surface area contributed by atoms with Crippen LogP contribution in [0.5, 0.6) is 0 Å². The zero-order valence-corrected chi connectivity index (χ0v) is 18.7. The summed E-state index contributed by atoms with van der Waals surface area (Å²) in [5, 5.41) is 3.16. The Kier molecular flexibility index (Phi) is 7.69. The average Bonchev–Trinajstić information content (AvgIpc) is 2.77. The number of nitrogens with zero attached hydrogens (tertiary/aromatic N) is 2. The standard InChI is InChI=1S/C24H28ClN3O3/c1-3-27(4-2)24(31)19-14-13-18(16-20(19)25)26-23(30)22(17-10-6-5-7-11-17)28-15-9-8-12-21(28)29/h5-7,10-11,13-14,16,22H,3-4,8-9,12,15H2,1-2H3,(H,26,30). The second-order valence-electron chi connectivity index (χ2n) is 7.52. The van der Waals surface area contributed by atoms with E-state index in [4.69, 9.17) is 11.6 Å². The SMILES string of the molecule is CCN(CC)C(=O)c1ccc(NC(=O)C(c2ccccc2)N2CCCCC2=O)cc1Cl. The van der Waals surface area contributed by atoms with Crippen LogP contribution in [0.2, 0.25) is 5.02 Å². The molecule has 0 spiro atoms. The molecule has 1 fully saturated rings. The molecule has 1 aliphatic heterocycles. The molecule has 0 radical (unpaired) electrons. The van der Waals surface area contributed by atoms with Gasteiger partial charge in [0.1, 0.15) is 6.04 Å². The molecule has 3 rings (SSSR count). The summed E-state index contributed by atoms with van der Waals surface area (Å²) in [6, 6.07) is 13.4. The van der Waals surface area contributed by atoms with Crippen LogP contribution < -0.4 is 5.32 Å². The van der Waals surface area contributed by atoms with E-state index in [0.717, 1.165) is 18.4 Å². The highest BCUT2D eigenvalue weighted by molar-refractivity contribution is 6.34. The fourth-order valence-electron chi connectivity index (χ4n) is 3.87. The van der Waals surface area contributed by atoms with Crippen LogP contribution in [0.1, 0.15) is 55.1 Å². The maximum Gasteiger partial charge on any atom is 0.255 e. The summed E-state index contributed by atoms with van der Waals surface area (Å²) in [6.45, 7) is 5.55. The van der Waals surface area contributed by atoms with Crippen molar-refractivity contribution in [2.24, 2.45) is 0 Å². The van der Waals surface area contributed by atoms with Crippen molar-refractivity contribution in [2.75, 3.05) is 25.0 Å². The molecular formula is C24H28ClN3O3. The van der Waals surface area contributed by atoms with Crippen molar-refractivity contribution in [1.29, 1.82) is 0 Å². The van der Waals surface area contributed by atoms with Crippen molar-refractivity contribution in [1.82, 2.24) is 9.80 Å². The summed E-state index contributed by atoms with van der Waals surface area (Å²) < 4.78 is 0. The predicted molar refractivity (Wildman–Crippen MR) is 122 cm³/mol. The molecule has 6 nitrogen and oxygen atoms in total. The first-order valence-corrected chi connectivity index (χ1v) is 11.1. The Labute approximate surface area is 188 Å². The third kappa shape index (κ3) is 5.25. The molecule has 1 saturated heterocycles. The zero-order chi connectivity index (χ0) is 22.4. The summed E-state index contributed by atoms with van der Waals surface area (Å²) >= 11 is 6.37. The topological polar surface area (TPSA) is 69.7 Å². The molecule has 2 aromatic rings. The van der Waals surface area contributed by atoms with Gasteiger partial charge in [-0.2, -0.15) is 0 Å². The number of amides is 3. The first-order chi connectivity index (χ1) is 15.0. The van der Waals surface area contributed by atoms with Gasteiger partial charge < -0.3 is 15.1 Å². The van der Waals surface area contributed by atoms with E-state index in [2.05, 4.69) is 5.32 Å². The zero-order valence-electron chi connectivity index (χ0n) is 17.9. The number of halogens is 1. The van der Waals surface area contributed by atoms with E-state index in [9.17, 15) is 14.4 Å². The molecule has 1 atom stereocenters. The van der Waals surface area contributed by atoms with Gasteiger partial charge in [-0.15, -0.1) is 0 Å². The quantitative estimate of drug-likeness (QED) is 0.687. The van der Waals surface area contributed by atoms with E-state index in [1.54, 1.807) is 28.0 Å². The van der Waals surface area contributed by atoms with Gasteiger partial charge in [-0.25, -0.2) is 0 Å². The van der Waals surface area contributed by atoms with Gasteiger partial charge in [0.05, 0.1) is 10.6 Å². The largest absolute Gasteiger partial charge is 0.339 e. The van der Waals surface area contributed by atoms with Crippen molar-refractivity contribution in [2.45, 2.75) is 39.2 Å². The molecule has 0 bridgehead atoms. The minimum absolute atomic E-state index is 0.0200. The summed E-state index contributed by atoms with van der Waals surface area (Å²) in [5.74, 6) is -0.470. The highest BCUT2D eigenvalue weighted by Crippen LogP contribution is 2.28. The number of likely N-dealkylation sites (tertiary alicyclic amines) is 1. The lowest BCUT2D eigenvalue weighted by molar-refractivity contribution is -0.141. The van der Waals surface area contributed by atoms with E-state index in [1.165, 1.54) is 0 Å². The highest BCUT2D eigenvalue weighted by Gasteiger charge is 2.32. The second kappa shape index (κ2) is 10.4. The van der Waals surface area contributed by atoms with E-state index >= 15 is 0 Å². The Morgan fingerprint density at radius 3 is 2.42 bits per heavy atom. The van der Waals surface area contributed by atoms with Crippen LogP contribution in [0.3, 0.4) is 0 Å². The van der Waals surface area contributed by atoms with Crippen molar-refractivity contribution >= 4 is 35.0 Å². The maximum absolute atomic E-state index is 13.3. The van der Waals surface area contributed by atoms with Gasteiger partial charge in [0, 0.05) is 31.7 Å². The van der Waals surface area contributed by atoms with Crippen LogP contribution in [-0.4, -0.2) is 47.2 Å². The van der Waals surface area contributed by atoms with Crippen molar-refractivity contribution < 1.29 is 14.4 Å². The van der Waals surface area contributed by atoms with Crippen LogP contribution >= 0.6 is 11.6 Å². The summed E-state index contributed by atoms with van der Waals surface area (Å²) in [4.78, 5) is 41.8. The average molecular weight is 442 g/mol. The molecule has 1 heterocycles. The van der Waals surface area contributed by atoms with Gasteiger partial charge in [-0.1, -0.05) is 41.9 Å². The van der Waals surface area contributed by atoms with Gasteiger partial charge >= 0.3 is 0 Å². The number of benzene rings is 2. The number of carbonyl (C=O) groups is 3. The lowest BCUT2D eigenvalue weighted by Gasteiger charge is -2.34. The fourth-order valence-corrected chi connectivity index (χ4v) is 4.13. The first kappa shape index (κ1) is 22.8. The predicted octanol–water partition coefficient (Wildman–Crippen LogP) is 4.51. The molecule has 0 saturated carbocycles. The minimum Gasteiger partial charge on any atom is -0.339 e. The summed E-state index contributed by atoms with van der Waals surface area (Å²) in [7, 11) is 0. The minimum atomic E-state index is -0.718. The van der Waals surface area contributed by atoms with Gasteiger partial charge in [-0.05, 0) is 50.5 Å². The Morgan fingerprint density at radius 1 is 1.10 bits per heavy atom. The lowest BCUT2D eigenvalue weighted by Crippen LogP contribution is -2.43. The van der Waals surface area contributed by atoms with Crippen LogP contribution in [0, 0.1) is 0 Å².